The predicted octanol–water partition coefficient (Wildman–Crippen LogP) is 2.31. The number of carboxylic acid groups (broad SMARTS) is 1. The largest absolute Gasteiger partial charge is 0.480 e. The van der Waals surface area contributed by atoms with E-state index in [0.717, 1.165) is 32.9 Å². The SMILES string of the molecule is NC(Cc1c[nH]c2ccccc12)C(=O)N1CCCC1C(=O)N1CCCC1C(=O)NC(Cc1c[nH]c2ccccc12)C(=O)O. The fourth-order valence-corrected chi connectivity index (χ4v) is 6.61. The van der Waals surface area contributed by atoms with Gasteiger partial charge in [0.05, 0.1) is 6.04 Å². The molecule has 0 saturated carbocycles. The van der Waals surface area contributed by atoms with Crippen molar-refractivity contribution >= 4 is 45.5 Å². The number of amides is 3. The van der Waals surface area contributed by atoms with Crippen LogP contribution in [0.2, 0.25) is 0 Å². The minimum Gasteiger partial charge on any atom is -0.480 e. The molecule has 4 aromatic rings. The van der Waals surface area contributed by atoms with E-state index in [4.69, 9.17) is 5.73 Å². The van der Waals surface area contributed by atoms with Crippen molar-refractivity contribution in [1.29, 1.82) is 0 Å². The molecule has 224 valence electrons. The number of carboxylic acids is 1. The molecule has 11 nitrogen and oxygen atoms in total. The molecule has 4 unspecified atom stereocenters. The van der Waals surface area contributed by atoms with E-state index >= 15 is 0 Å². The van der Waals surface area contributed by atoms with Gasteiger partial charge in [-0.2, -0.15) is 0 Å². The summed E-state index contributed by atoms with van der Waals surface area (Å²) < 4.78 is 0. The molecule has 2 aliphatic heterocycles. The number of carbonyl (C=O) groups is 4. The third-order valence-electron chi connectivity index (χ3n) is 8.80. The van der Waals surface area contributed by atoms with E-state index in [1.54, 1.807) is 11.1 Å². The molecule has 6 N–H and O–H groups in total. The highest BCUT2D eigenvalue weighted by molar-refractivity contribution is 5.95. The van der Waals surface area contributed by atoms with Crippen molar-refractivity contribution in [3.05, 3.63) is 72.1 Å². The summed E-state index contributed by atoms with van der Waals surface area (Å²) in [5, 5.41) is 14.5. The Morgan fingerprint density at radius 1 is 0.837 bits per heavy atom. The van der Waals surface area contributed by atoms with E-state index in [-0.39, 0.29) is 18.2 Å². The van der Waals surface area contributed by atoms with Crippen LogP contribution in [0.3, 0.4) is 0 Å². The molecule has 2 aliphatic rings. The number of benzene rings is 2. The number of aromatic nitrogens is 2. The van der Waals surface area contributed by atoms with Crippen LogP contribution in [0, 0.1) is 0 Å². The van der Waals surface area contributed by atoms with E-state index in [1.165, 1.54) is 4.90 Å². The van der Waals surface area contributed by atoms with Gasteiger partial charge in [0.2, 0.25) is 17.7 Å². The summed E-state index contributed by atoms with van der Waals surface area (Å²) >= 11 is 0. The maximum Gasteiger partial charge on any atom is 0.326 e. The highest BCUT2D eigenvalue weighted by Gasteiger charge is 2.43. The van der Waals surface area contributed by atoms with Crippen LogP contribution < -0.4 is 11.1 Å². The summed E-state index contributed by atoms with van der Waals surface area (Å²) in [7, 11) is 0. The topological polar surface area (TPSA) is 165 Å². The number of fused-ring (bicyclic) bond motifs is 2. The molecule has 11 heteroatoms. The molecule has 0 spiro atoms. The van der Waals surface area contributed by atoms with Crippen LogP contribution >= 0.6 is 0 Å². The number of aliphatic carboxylic acids is 1. The lowest BCUT2D eigenvalue weighted by atomic mass is 10.0. The molecule has 2 saturated heterocycles. The van der Waals surface area contributed by atoms with Crippen molar-refractivity contribution in [2.24, 2.45) is 5.73 Å². The Bertz CT molecular complexity index is 1680. The number of nitrogens with zero attached hydrogens (tertiary/aromatic N) is 2. The molecule has 0 bridgehead atoms. The van der Waals surface area contributed by atoms with Gasteiger partial charge >= 0.3 is 5.97 Å². The lowest BCUT2D eigenvalue weighted by Crippen LogP contribution is -2.56. The molecule has 3 amide bonds. The number of likely N-dealkylation sites (tertiary alicyclic amines) is 2. The van der Waals surface area contributed by atoms with Gasteiger partial charge in [-0.3, -0.25) is 14.4 Å². The number of carbonyl (C=O) groups excluding carboxylic acids is 3. The number of aromatic amines is 2. The number of nitrogens with one attached hydrogen (secondary N) is 3. The van der Waals surface area contributed by atoms with Gasteiger partial charge in [0, 0.05) is 53.7 Å². The fourth-order valence-electron chi connectivity index (χ4n) is 6.61. The minimum atomic E-state index is -1.16. The third kappa shape index (κ3) is 5.60. The van der Waals surface area contributed by atoms with Crippen LogP contribution in [-0.2, 0) is 32.0 Å². The number of nitrogens with two attached hydrogens (primary N) is 1. The fraction of sp³-hybridized carbons (Fsp3) is 0.375. The zero-order valence-electron chi connectivity index (χ0n) is 23.8. The van der Waals surface area contributed by atoms with Crippen LogP contribution in [0.25, 0.3) is 21.8 Å². The van der Waals surface area contributed by atoms with Crippen molar-refractivity contribution in [2.75, 3.05) is 13.1 Å². The molecule has 2 aromatic carbocycles. The van der Waals surface area contributed by atoms with E-state index in [9.17, 15) is 24.3 Å². The summed E-state index contributed by atoms with van der Waals surface area (Å²) in [4.78, 5) is 62.3. The molecular weight excluding hydrogens is 548 g/mol. The quantitative estimate of drug-likeness (QED) is 0.203. The van der Waals surface area contributed by atoms with E-state index in [2.05, 4.69) is 15.3 Å². The Morgan fingerprint density at radius 2 is 1.40 bits per heavy atom. The Labute approximate surface area is 248 Å². The zero-order chi connectivity index (χ0) is 30.1. The van der Waals surface area contributed by atoms with Gasteiger partial charge in [-0.15, -0.1) is 0 Å². The number of hydrogen-bond donors (Lipinski definition) is 5. The second-order valence-corrected chi connectivity index (χ2v) is 11.5. The van der Waals surface area contributed by atoms with Gasteiger partial charge in [-0.1, -0.05) is 36.4 Å². The molecule has 43 heavy (non-hydrogen) atoms. The van der Waals surface area contributed by atoms with Crippen molar-refractivity contribution in [3.63, 3.8) is 0 Å². The number of hydrogen-bond acceptors (Lipinski definition) is 5. The highest BCUT2D eigenvalue weighted by atomic mass is 16.4. The maximum absolute atomic E-state index is 13.8. The third-order valence-corrected chi connectivity index (χ3v) is 8.80. The second kappa shape index (κ2) is 11.9. The highest BCUT2D eigenvalue weighted by Crippen LogP contribution is 2.27. The first kappa shape index (κ1) is 28.5. The van der Waals surface area contributed by atoms with Crippen molar-refractivity contribution < 1.29 is 24.3 Å². The van der Waals surface area contributed by atoms with E-state index in [0.29, 0.717) is 45.2 Å². The van der Waals surface area contributed by atoms with Gasteiger partial charge in [0.1, 0.15) is 18.1 Å². The Balaban J connectivity index is 1.12. The van der Waals surface area contributed by atoms with Crippen LogP contribution in [-0.4, -0.2) is 85.8 Å². The first-order valence-corrected chi connectivity index (χ1v) is 14.8. The standard InChI is InChI=1S/C32H36N6O5/c33-23(15-19-17-34-24-9-3-1-7-21(19)24)30(40)38-14-6-12-28(38)31(41)37-13-5-11-27(37)29(39)36-26(32(42)43)16-20-18-35-25-10-4-2-8-22(20)25/h1-4,7-10,17-18,23,26-28,34-35H,5-6,11-16,33H2,(H,36,39)(H,42,43). The number of rotatable bonds is 9. The van der Waals surface area contributed by atoms with Crippen LogP contribution in [0.5, 0.6) is 0 Å². The summed E-state index contributed by atoms with van der Waals surface area (Å²) in [5.74, 6) is -2.21. The van der Waals surface area contributed by atoms with Gasteiger partial charge < -0.3 is 35.9 Å². The van der Waals surface area contributed by atoms with Crippen LogP contribution in [0.1, 0.15) is 36.8 Å². The van der Waals surface area contributed by atoms with Crippen molar-refractivity contribution in [3.8, 4) is 0 Å². The van der Waals surface area contributed by atoms with E-state index in [1.807, 2.05) is 54.7 Å². The average Bonchev–Trinajstić information content (AvgIpc) is 3.83. The zero-order valence-corrected chi connectivity index (χ0v) is 23.8. The molecule has 0 radical (unpaired) electrons. The van der Waals surface area contributed by atoms with Crippen molar-refractivity contribution in [2.45, 2.75) is 62.7 Å². The van der Waals surface area contributed by atoms with E-state index < -0.39 is 36.0 Å². The molecule has 4 heterocycles. The molecule has 6 rings (SSSR count). The van der Waals surface area contributed by atoms with Crippen molar-refractivity contribution in [1.82, 2.24) is 25.1 Å². The van der Waals surface area contributed by atoms with Gasteiger partial charge in [0.25, 0.3) is 0 Å². The molecule has 2 aromatic heterocycles. The van der Waals surface area contributed by atoms with Crippen LogP contribution in [0.4, 0.5) is 0 Å². The lowest BCUT2D eigenvalue weighted by Gasteiger charge is -2.32. The van der Waals surface area contributed by atoms with Crippen LogP contribution in [0.15, 0.2) is 60.9 Å². The number of para-hydroxylation sites is 2. The minimum absolute atomic E-state index is 0.102. The maximum atomic E-state index is 13.8. The predicted molar refractivity (Wildman–Crippen MR) is 161 cm³/mol. The Kier molecular flexibility index (Phi) is 7.90. The summed E-state index contributed by atoms with van der Waals surface area (Å²) in [5.41, 5.74) is 9.97. The van der Waals surface area contributed by atoms with Gasteiger partial charge in [-0.05, 0) is 55.4 Å². The van der Waals surface area contributed by atoms with Gasteiger partial charge in [0.15, 0.2) is 0 Å². The Morgan fingerprint density at radius 3 is 2.02 bits per heavy atom. The normalized spacial score (nSPS) is 20.0. The average molecular weight is 585 g/mol. The molecular formula is C32H36N6O5. The molecule has 2 fully saturated rings. The monoisotopic (exact) mass is 584 g/mol. The Hall–Kier alpha value is -4.64. The summed E-state index contributed by atoms with van der Waals surface area (Å²) in [6, 6.07) is 11.9. The summed E-state index contributed by atoms with van der Waals surface area (Å²) in [6.45, 7) is 0.796. The number of H-pyrrole nitrogens is 2. The smallest absolute Gasteiger partial charge is 0.326 e. The first-order valence-electron chi connectivity index (χ1n) is 14.8. The van der Waals surface area contributed by atoms with Gasteiger partial charge in [-0.25, -0.2) is 4.79 Å². The molecule has 0 aliphatic carbocycles. The second-order valence-electron chi connectivity index (χ2n) is 11.5. The summed E-state index contributed by atoms with van der Waals surface area (Å²) in [6.07, 6.45) is 6.26. The molecule has 4 atom stereocenters. The lowest BCUT2D eigenvalue weighted by molar-refractivity contribution is -0.148. The first-order chi connectivity index (χ1) is 20.8.